The number of carbonyl (C=O) groups excluding carboxylic acids is 1. The van der Waals surface area contributed by atoms with Crippen molar-refractivity contribution in [3.05, 3.63) is 16.6 Å². The monoisotopic (exact) mass is 351 g/mol. The van der Waals surface area contributed by atoms with Crippen LogP contribution in [0.3, 0.4) is 0 Å². The number of thiazole rings is 1. The normalized spacial score (nSPS) is 23.9. The van der Waals surface area contributed by atoms with Gasteiger partial charge in [-0.15, -0.1) is 11.3 Å². The van der Waals surface area contributed by atoms with Gasteiger partial charge in [0.1, 0.15) is 5.01 Å². The van der Waals surface area contributed by atoms with E-state index in [0.717, 1.165) is 32.5 Å². The zero-order chi connectivity index (χ0) is 17.3. The van der Waals surface area contributed by atoms with Crippen molar-refractivity contribution in [2.45, 2.75) is 58.2 Å². The van der Waals surface area contributed by atoms with E-state index < -0.39 is 6.10 Å². The lowest BCUT2D eigenvalue weighted by Gasteiger charge is -2.34. The fourth-order valence-electron chi connectivity index (χ4n) is 3.89. The second-order valence-corrected chi connectivity index (χ2v) is 8.80. The number of amides is 1. The molecule has 0 aromatic carbocycles. The third kappa shape index (κ3) is 3.81. The number of aliphatic hydroxyl groups is 1. The van der Waals surface area contributed by atoms with Crippen molar-refractivity contribution in [3.8, 4) is 0 Å². The molecule has 1 aromatic rings. The molecule has 24 heavy (non-hydrogen) atoms. The molecule has 2 aliphatic rings. The Morgan fingerprint density at radius 2 is 2.21 bits per heavy atom. The number of nitrogens with zero attached hydrogens (tertiary/aromatic N) is 3. The number of aromatic nitrogens is 1. The predicted octanol–water partition coefficient (Wildman–Crippen LogP) is 2.36. The summed E-state index contributed by atoms with van der Waals surface area (Å²) in [6.07, 6.45) is 5.02. The minimum Gasteiger partial charge on any atom is -0.392 e. The van der Waals surface area contributed by atoms with E-state index in [0.29, 0.717) is 11.5 Å². The standard InChI is InChI=1S/C18H29N3O2S/c1-13(2)14(22)10-17(23)21-7-4-18(5-8-21)11-15(18)20(3)12-16-19-6-9-24-16/h6,9,13-15,22H,4-5,7-8,10-12H2,1-3H3/t14-,15-/m0/s1. The molecule has 1 saturated carbocycles. The fraction of sp³-hybridized carbons (Fsp3) is 0.778. The number of carbonyl (C=O) groups is 1. The van der Waals surface area contributed by atoms with Gasteiger partial charge >= 0.3 is 0 Å². The molecule has 0 radical (unpaired) electrons. The summed E-state index contributed by atoms with van der Waals surface area (Å²) in [5.74, 6) is 0.247. The molecule has 5 nitrogen and oxygen atoms in total. The molecule has 1 aliphatic heterocycles. The van der Waals surface area contributed by atoms with E-state index in [1.165, 1.54) is 11.4 Å². The Hall–Kier alpha value is -0.980. The van der Waals surface area contributed by atoms with Crippen LogP contribution < -0.4 is 0 Å². The maximum Gasteiger partial charge on any atom is 0.225 e. The number of rotatable bonds is 6. The molecular weight excluding hydrogens is 322 g/mol. The van der Waals surface area contributed by atoms with Crippen molar-refractivity contribution in [2.24, 2.45) is 11.3 Å². The molecule has 2 atom stereocenters. The first-order chi connectivity index (χ1) is 11.4. The van der Waals surface area contributed by atoms with Crippen LogP contribution in [0.25, 0.3) is 0 Å². The lowest BCUT2D eigenvalue weighted by molar-refractivity contribution is -0.135. The van der Waals surface area contributed by atoms with Crippen LogP contribution in [0.15, 0.2) is 11.6 Å². The van der Waals surface area contributed by atoms with E-state index in [9.17, 15) is 9.90 Å². The average Bonchev–Trinajstić information content (AvgIpc) is 3.00. The van der Waals surface area contributed by atoms with Crippen LogP contribution in [-0.2, 0) is 11.3 Å². The fourth-order valence-corrected chi connectivity index (χ4v) is 4.57. The summed E-state index contributed by atoms with van der Waals surface area (Å²) in [6, 6.07) is 0.625. The van der Waals surface area contributed by atoms with Gasteiger partial charge < -0.3 is 10.0 Å². The molecule has 6 heteroatoms. The van der Waals surface area contributed by atoms with Crippen molar-refractivity contribution in [2.75, 3.05) is 20.1 Å². The zero-order valence-corrected chi connectivity index (χ0v) is 15.8. The van der Waals surface area contributed by atoms with Gasteiger partial charge in [-0.05, 0) is 37.6 Å². The van der Waals surface area contributed by atoms with Gasteiger partial charge in [-0.1, -0.05) is 13.8 Å². The van der Waals surface area contributed by atoms with Crippen molar-refractivity contribution >= 4 is 17.2 Å². The molecule has 1 spiro atoms. The second-order valence-electron chi connectivity index (χ2n) is 7.82. The second kappa shape index (κ2) is 7.10. The average molecular weight is 352 g/mol. The topological polar surface area (TPSA) is 56.7 Å². The van der Waals surface area contributed by atoms with Gasteiger partial charge in [0.05, 0.1) is 19.1 Å². The van der Waals surface area contributed by atoms with Gasteiger partial charge in [-0.25, -0.2) is 4.98 Å². The van der Waals surface area contributed by atoms with Crippen molar-refractivity contribution < 1.29 is 9.90 Å². The number of hydrogen-bond acceptors (Lipinski definition) is 5. The summed E-state index contributed by atoms with van der Waals surface area (Å²) in [7, 11) is 2.19. The summed E-state index contributed by atoms with van der Waals surface area (Å²) < 4.78 is 0. The van der Waals surface area contributed by atoms with E-state index in [1.54, 1.807) is 11.3 Å². The first-order valence-corrected chi connectivity index (χ1v) is 9.84. The number of aliphatic hydroxyl groups excluding tert-OH is 1. The van der Waals surface area contributed by atoms with Gasteiger partial charge in [-0.2, -0.15) is 0 Å². The highest BCUT2D eigenvalue weighted by Gasteiger charge is 2.56. The van der Waals surface area contributed by atoms with Crippen molar-refractivity contribution in [3.63, 3.8) is 0 Å². The molecule has 0 bridgehead atoms. The lowest BCUT2D eigenvalue weighted by atomic mass is 9.91. The maximum absolute atomic E-state index is 12.3. The first-order valence-electron chi connectivity index (χ1n) is 8.96. The van der Waals surface area contributed by atoms with E-state index in [4.69, 9.17) is 0 Å². The van der Waals surface area contributed by atoms with Crippen LogP contribution in [0.5, 0.6) is 0 Å². The minimum absolute atomic E-state index is 0.111. The summed E-state index contributed by atoms with van der Waals surface area (Å²) >= 11 is 1.71. The molecule has 0 unspecified atom stereocenters. The van der Waals surface area contributed by atoms with Crippen LogP contribution in [0, 0.1) is 11.3 Å². The van der Waals surface area contributed by atoms with Gasteiger partial charge in [0.2, 0.25) is 5.91 Å². The molecule has 2 heterocycles. The highest BCUT2D eigenvalue weighted by Crippen LogP contribution is 2.56. The smallest absolute Gasteiger partial charge is 0.225 e. The van der Waals surface area contributed by atoms with Crippen molar-refractivity contribution in [1.82, 2.24) is 14.8 Å². The molecule has 1 aliphatic carbocycles. The van der Waals surface area contributed by atoms with E-state index in [2.05, 4.69) is 16.9 Å². The highest BCUT2D eigenvalue weighted by atomic mass is 32.1. The third-order valence-electron chi connectivity index (χ3n) is 5.81. The highest BCUT2D eigenvalue weighted by molar-refractivity contribution is 7.09. The molecule has 2 fully saturated rings. The Kier molecular flexibility index (Phi) is 5.27. The predicted molar refractivity (Wildman–Crippen MR) is 95.7 cm³/mol. The third-order valence-corrected chi connectivity index (χ3v) is 6.58. The van der Waals surface area contributed by atoms with Gasteiger partial charge in [0, 0.05) is 30.7 Å². The minimum atomic E-state index is -0.522. The van der Waals surface area contributed by atoms with E-state index in [1.807, 2.05) is 30.3 Å². The Balaban J connectivity index is 1.46. The molecule has 1 N–H and O–H groups in total. The molecular formula is C18H29N3O2S. The zero-order valence-electron chi connectivity index (χ0n) is 14.9. The summed E-state index contributed by atoms with van der Waals surface area (Å²) in [6.45, 7) is 6.51. The van der Waals surface area contributed by atoms with Crippen LogP contribution in [0.4, 0.5) is 0 Å². The summed E-state index contributed by atoms with van der Waals surface area (Å²) in [4.78, 5) is 21.1. The van der Waals surface area contributed by atoms with Crippen LogP contribution in [-0.4, -0.2) is 58.1 Å². The Morgan fingerprint density at radius 1 is 1.50 bits per heavy atom. The van der Waals surface area contributed by atoms with Gasteiger partial charge in [-0.3, -0.25) is 9.69 Å². The first kappa shape index (κ1) is 17.8. The molecule has 134 valence electrons. The Morgan fingerprint density at radius 3 is 2.79 bits per heavy atom. The SMILES string of the molecule is CC(C)[C@@H](O)CC(=O)N1CCC2(CC1)C[C@@H]2N(C)Cc1nccs1. The Labute approximate surface area is 148 Å². The lowest BCUT2D eigenvalue weighted by Crippen LogP contribution is -2.42. The maximum atomic E-state index is 12.3. The summed E-state index contributed by atoms with van der Waals surface area (Å²) in [5, 5.41) is 13.1. The summed E-state index contributed by atoms with van der Waals surface area (Å²) in [5.41, 5.74) is 0.402. The molecule has 1 amide bonds. The van der Waals surface area contributed by atoms with Crippen molar-refractivity contribution in [1.29, 1.82) is 0 Å². The molecule has 1 saturated heterocycles. The Bertz CT molecular complexity index is 553. The van der Waals surface area contributed by atoms with Crippen LogP contribution in [0.1, 0.15) is 44.5 Å². The quantitative estimate of drug-likeness (QED) is 0.855. The number of piperidine rings is 1. The largest absolute Gasteiger partial charge is 0.392 e. The van der Waals surface area contributed by atoms with Crippen LogP contribution >= 0.6 is 11.3 Å². The van der Waals surface area contributed by atoms with E-state index >= 15 is 0 Å². The van der Waals surface area contributed by atoms with Crippen LogP contribution in [0.2, 0.25) is 0 Å². The number of hydrogen-bond donors (Lipinski definition) is 1. The number of likely N-dealkylation sites (tertiary alicyclic amines) is 1. The van der Waals surface area contributed by atoms with E-state index in [-0.39, 0.29) is 18.2 Å². The van der Waals surface area contributed by atoms with Gasteiger partial charge in [0.15, 0.2) is 0 Å². The molecule has 1 aromatic heterocycles. The molecule has 3 rings (SSSR count). The van der Waals surface area contributed by atoms with Gasteiger partial charge in [0.25, 0.3) is 0 Å².